The molecule has 0 spiro atoms. The fourth-order valence-corrected chi connectivity index (χ4v) is 3.26. The van der Waals surface area contributed by atoms with Crippen molar-refractivity contribution in [3.05, 3.63) is 82.9 Å². The van der Waals surface area contributed by atoms with E-state index in [2.05, 4.69) is 5.32 Å². The molecule has 0 fully saturated rings. The number of halogens is 2. The fourth-order valence-electron chi connectivity index (χ4n) is 2.67. The van der Waals surface area contributed by atoms with E-state index < -0.39 is 37.5 Å². The molecule has 12 heteroatoms. The Balaban J connectivity index is 2.31. The number of nitrogens with one attached hydrogen (secondary N) is 1. The van der Waals surface area contributed by atoms with Crippen molar-refractivity contribution in [3.8, 4) is 0 Å². The summed E-state index contributed by atoms with van der Waals surface area (Å²) in [6.45, 7) is 0. The number of fused-ring (bicyclic) bond motifs is 1. The number of nitrogens with zero attached hydrogens (tertiary/aromatic N) is 3. The van der Waals surface area contributed by atoms with Gasteiger partial charge in [0.25, 0.3) is 5.69 Å². The molecule has 0 radical (unpaired) electrons. The van der Waals surface area contributed by atoms with Crippen LogP contribution in [0.5, 0.6) is 0 Å². The molecule has 0 aliphatic heterocycles. The van der Waals surface area contributed by atoms with E-state index >= 15 is 0 Å². The highest BCUT2D eigenvalue weighted by atomic mass is 35.5. The minimum absolute atomic E-state index is 0.0608. The molecule has 0 bridgehead atoms. The molecule has 0 aliphatic rings. The Hall–Kier alpha value is -3.50. The SMILES string of the molecule is O=[N+]([O-])c1cc([N+](=O)[O-])c(Nc2c(Cl)cc(Cl)c3ccccc23)c([N+](=O)[O-])c1. The van der Waals surface area contributed by atoms with E-state index in [-0.39, 0.29) is 10.7 Å². The van der Waals surface area contributed by atoms with Gasteiger partial charge in [-0.3, -0.25) is 30.3 Å². The average molecular weight is 423 g/mol. The minimum atomic E-state index is -0.950. The molecule has 1 N–H and O–H groups in total. The molecule has 3 aromatic rings. The summed E-state index contributed by atoms with van der Waals surface area (Å²) in [6, 6.07) is 9.34. The van der Waals surface area contributed by atoms with Gasteiger partial charge in [-0.2, -0.15) is 0 Å². The third-order valence-electron chi connectivity index (χ3n) is 3.88. The molecular formula is C16H8Cl2N4O6. The Bertz CT molecular complexity index is 1130. The average Bonchev–Trinajstić information content (AvgIpc) is 2.64. The van der Waals surface area contributed by atoms with Gasteiger partial charge in [0.05, 0.1) is 42.6 Å². The minimum Gasteiger partial charge on any atom is -0.342 e. The molecule has 0 saturated heterocycles. The van der Waals surface area contributed by atoms with Crippen LogP contribution in [0.3, 0.4) is 0 Å². The first-order chi connectivity index (χ1) is 13.2. The second-order valence-electron chi connectivity index (χ2n) is 5.52. The Morgan fingerprint density at radius 1 is 0.714 bits per heavy atom. The molecule has 0 heterocycles. The number of non-ortho nitro benzene ring substituents is 1. The summed E-state index contributed by atoms with van der Waals surface area (Å²) in [5.41, 5.74) is -2.85. The van der Waals surface area contributed by atoms with Gasteiger partial charge in [-0.1, -0.05) is 47.5 Å². The highest BCUT2D eigenvalue weighted by Gasteiger charge is 2.31. The van der Waals surface area contributed by atoms with Gasteiger partial charge < -0.3 is 5.32 Å². The first-order valence-electron chi connectivity index (χ1n) is 7.45. The summed E-state index contributed by atoms with van der Waals surface area (Å²) < 4.78 is 0. The van der Waals surface area contributed by atoms with E-state index in [4.69, 9.17) is 23.2 Å². The fraction of sp³-hybridized carbons (Fsp3) is 0. The third kappa shape index (κ3) is 3.38. The summed E-state index contributed by atoms with van der Waals surface area (Å²) in [6.07, 6.45) is 0. The van der Waals surface area contributed by atoms with Gasteiger partial charge in [-0.05, 0) is 6.07 Å². The standard InChI is InChI=1S/C16H8Cl2N4O6/c17-11-7-12(18)15(10-4-2-1-3-9(10)11)19-16-13(21(25)26)5-8(20(23)24)6-14(16)22(27)28/h1-7,19H. The van der Waals surface area contributed by atoms with Crippen molar-refractivity contribution >= 4 is 62.4 Å². The summed E-state index contributed by atoms with van der Waals surface area (Å²) in [5, 5.41) is 37.9. The van der Waals surface area contributed by atoms with Crippen LogP contribution in [0.2, 0.25) is 10.0 Å². The number of hydrogen-bond donors (Lipinski definition) is 1. The van der Waals surface area contributed by atoms with Crippen molar-refractivity contribution < 1.29 is 14.8 Å². The first-order valence-corrected chi connectivity index (χ1v) is 8.21. The van der Waals surface area contributed by atoms with Gasteiger partial charge in [0, 0.05) is 10.8 Å². The molecular weight excluding hydrogens is 415 g/mol. The number of benzene rings is 3. The number of anilines is 2. The molecule has 3 aromatic carbocycles. The molecule has 3 rings (SSSR count). The van der Waals surface area contributed by atoms with Crippen LogP contribution in [-0.4, -0.2) is 14.8 Å². The molecule has 10 nitrogen and oxygen atoms in total. The smallest absolute Gasteiger partial charge is 0.306 e. The molecule has 0 aromatic heterocycles. The van der Waals surface area contributed by atoms with Crippen LogP contribution < -0.4 is 5.32 Å². The van der Waals surface area contributed by atoms with Gasteiger partial charge in [0.2, 0.25) is 0 Å². The lowest BCUT2D eigenvalue weighted by Crippen LogP contribution is -2.04. The topological polar surface area (TPSA) is 141 Å². The van der Waals surface area contributed by atoms with Crippen LogP contribution in [0, 0.1) is 30.3 Å². The number of hydrogen-bond acceptors (Lipinski definition) is 7. The van der Waals surface area contributed by atoms with E-state index in [0.29, 0.717) is 27.9 Å². The highest BCUT2D eigenvalue weighted by Crippen LogP contribution is 2.44. The quantitative estimate of drug-likeness (QED) is 0.415. The van der Waals surface area contributed by atoms with Gasteiger partial charge >= 0.3 is 11.4 Å². The molecule has 0 unspecified atom stereocenters. The predicted molar refractivity (Wildman–Crippen MR) is 104 cm³/mol. The second kappa shape index (κ2) is 7.25. The number of nitro benzene ring substituents is 3. The maximum absolute atomic E-state index is 11.4. The van der Waals surface area contributed by atoms with Crippen LogP contribution in [0.4, 0.5) is 28.4 Å². The number of rotatable bonds is 5. The van der Waals surface area contributed by atoms with Crippen LogP contribution >= 0.6 is 23.2 Å². The van der Waals surface area contributed by atoms with Gasteiger partial charge in [0.1, 0.15) is 0 Å². The highest BCUT2D eigenvalue weighted by molar-refractivity contribution is 6.41. The van der Waals surface area contributed by atoms with Crippen molar-refractivity contribution in [2.75, 3.05) is 5.32 Å². The molecule has 0 aliphatic carbocycles. The molecule has 142 valence electrons. The van der Waals surface area contributed by atoms with Crippen molar-refractivity contribution in [2.24, 2.45) is 0 Å². The molecule has 28 heavy (non-hydrogen) atoms. The second-order valence-corrected chi connectivity index (χ2v) is 6.33. The molecule has 0 amide bonds. The maximum atomic E-state index is 11.4. The van der Waals surface area contributed by atoms with Gasteiger partial charge in [0.15, 0.2) is 5.69 Å². The van der Waals surface area contributed by atoms with E-state index in [1.54, 1.807) is 24.3 Å². The van der Waals surface area contributed by atoms with Crippen molar-refractivity contribution in [1.82, 2.24) is 0 Å². The van der Waals surface area contributed by atoms with Crippen molar-refractivity contribution in [3.63, 3.8) is 0 Å². The van der Waals surface area contributed by atoms with Crippen molar-refractivity contribution in [1.29, 1.82) is 0 Å². The van der Waals surface area contributed by atoms with Gasteiger partial charge in [-0.15, -0.1) is 0 Å². The number of nitro groups is 3. The van der Waals surface area contributed by atoms with E-state index in [1.807, 2.05) is 0 Å². The molecule has 0 saturated carbocycles. The van der Waals surface area contributed by atoms with E-state index in [0.717, 1.165) is 0 Å². The Kier molecular flexibility index (Phi) is 4.99. The Morgan fingerprint density at radius 3 is 1.75 bits per heavy atom. The van der Waals surface area contributed by atoms with Crippen LogP contribution in [-0.2, 0) is 0 Å². The zero-order valence-electron chi connectivity index (χ0n) is 13.6. The maximum Gasteiger partial charge on any atom is 0.306 e. The largest absolute Gasteiger partial charge is 0.342 e. The van der Waals surface area contributed by atoms with Crippen molar-refractivity contribution in [2.45, 2.75) is 0 Å². The molecule has 0 atom stereocenters. The summed E-state index contributed by atoms with van der Waals surface area (Å²) in [4.78, 5) is 31.0. The third-order valence-corrected chi connectivity index (χ3v) is 4.49. The van der Waals surface area contributed by atoms with E-state index in [1.165, 1.54) is 6.07 Å². The first kappa shape index (κ1) is 19.3. The lowest BCUT2D eigenvalue weighted by Gasteiger charge is -2.13. The summed E-state index contributed by atoms with van der Waals surface area (Å²) >= 11 is 12.4. The normalized spacial score (nSPS) is 10.6. The van der Waals surface area contributed by atoms with Crippen LogP contribution in [0.1, 0.15) is 0 Å². The van der Waals surface area contributed by atoms with E-state index in [9.17, 15) is 30.3 Å². The predicted octanol–water partition coefficient (Wildman–Crippen LogP) is 5.61. The van der Waals surface area contributed by atoms with Crippen LogP contribution in [0.15, 0.2) is 42.5 Å². The lowest BCUT2D eigenvalue weighted by molar-refractivity contribution is -0.401. The zero-order valence-corrected chi connectivity index (χ0v) is 15.1. The summed E-state index contributed by atoms with van der Waals surface area (Å²) in [5.74, 6) is 0. The van der Waals surface area contributed by atoms with Gasteiger partial charge in [-0.25, -0.2) is 0 Å². The van der Waals surface area contributed by atoms with Crippen LogP contribution in [0.25, 0.3) is 10.8 Å². The monoisotopic (exact) mass is 422 g/mol. The summed E-state index contributed by atoms with van der Waals surface area (Å²) in [7, 11) is 0. The lowest BCUT2D eigenvalue weighted by atomic mass is 10.1. The zero-order chi connectivity index (χ0) is 20.6. The Morgan fingerprint density at radius 2 is 1.25 bits per heavy atom. The Labute approximate surface area is 165 Å².